The predicted octanol–water partition coefficient (Wildman–Crippen LogP) is 1.02. The lowest BCUT2D eigenvalue weighted by atomic mass is 9.91. The lowest BCUT2D eigenvalue weighted by Gasteiger charge is -2.14. The fourth-order valence-electron chi connectivity index (χ4n) is 2.81. The molecule has 1 aliphatic heterocycles. The maximum Gasteiger partial charge on any atom is 0.306 e. The number of hydrogen-bond donors (Lipinski definition) is 2. The minimum Gasteiger partial charge on any atom is -0.462 e. The molecular formula is C15H20O4. The van der Waals surface area contributed by atoms with E-state index in [4.69, 9.17) is 4.74 Å². The highest BCUT2D eigenvalue weighted by molar-refractivity contribution is 5.72. The summed E-state index contributed by atoms with van der Waals surface area (Å²) in [5.41, 5.74) is 0. The normalized spacial score (nSPS) is 34.8. The Bertz CT molecular complexity index is 418. The van der Waals surface area contributed by atoms with E-state index in [1.54, 1.807) is 6.08 Å². The summed E-state index contributed by atoms with van der Waals surface area (Å²) >= 11 is 0. The van der Waals surface area contributed by atoms with Crippen molar-refractivity contribution in [2.75, 3.05) is 0 Å². The number of hydrogen-bond acceptors (Lipinski definition) is 4. The van der Waals surface area contributed by atoms with Gasteiger partial charge in [0.05, 0.1) is 18.6 Å². The number of carbonyl (C=O) groups excluding carboxylic acids is 1. The molecule has 0 aromatic carbocycles. The molecule has 1 saturated heterocycles. The van der Waals surface area contributed by atoms with Gasteiger partial charge in [0, 0.05) is 31.1 Å². The van der Waals surface area contributed by atoms with Gasteiger partial charge in [-0.2, -0.15) is 0 Å². The molecule has 0 spiro atoms. The quantitative estimate of drug-likeness (QED) is 0.454. The molecule has 19 heavy (non-hydrogen) atoms. The van der Waals surface area contributed by atoms with E-state index in [9.17, 15) is 15.0 Å². The lowest BCUT2D eigenvalue weighted by molar-refractivity contribution is -0.141. The van der Waals surface area contributed by atoms with E-state index in [1.807, 2.05) is 13.0 Å². The van der Waals surface area contributed by atoms with Crippen LogP contribution in [0.2, 0.25) is 0 Å². The summed E-state index contributed by atoms with van der Waals surface area (Å²) in [6.45, 7) is 1.96. The Morgan fingerprint density at radius 1 is 1.53 bits per heavy atom. The summed E-state index contributed by atoms with van der Waals surface area (Å²) < 4.78 is 5.15. The van der Waals surface area contributed by atoms with Gasteiger partial charge < -0.3 is 14.9 Å². The van der Waals surface area contributed by atoms with E-state index in [0.717, 1.165) is 6.42 Å². The van der Waals surface area contributed by atoms with Crippen LogP contribution in [0.3, 0.4) is 0 Å². The average molecular weight is 264 g/mol. The Labute approximate surface area is 113 Å². The Morgan fingerprint density at radius 3 is 3.05 bits per heavy atom. The van der Waals surface area contributed by atoms with Crippen LogP contribution in [0.4, 0.5) is 0 Å². The third-order valence-electron chi connectivity index (χ3n) is 3.74. The molecule has 2 fully saturated rings. The molecule has 4 nitrogen and oxygen atoms in total. The van der Waals surface area contributed by atoms with Crippen LogP contribution < -0.4 is 0 Å². The van der Waals surface area contributed by atoms with Crippen molar-refractivity contribution in [1.82, 2.24) is 0 Å². The first kappa shape index (κ1) is 14.1. The highest BCUT2D eigenvalue weighted by Gasteiger charge is 2.48. The number of rotatable bonds is 3. The van der Waals surface area contributed by atoms with Crippen LogP contribution in [0.15, 0.2) is 12.2 Å². The van der Waals surface area contributed by atoms with Gasteiger partial charge in [-0.05, 0) is 0 Å². The van der Waals surface area contributed by atoms with Crippen LogP contribution in [-0.4, -0.2) is 34.5 Å². The van der Waals surface area contributed by atoms with E-state index in [0.29, 0.717) is 19.3 Å². The van der Waals surface area contributed by atoms with Crippen molar-refractivity contribution in [3.05, 3.63) is 12.2 Å². The maximum absolute atomic E-state index is 11.2. The molecule has 0 bridgehead atoms. The van der Waals surface area contributed by atoms with Crippen LogP contribution >= 0.6 is 0 Å². The van der Waals surface area contributed by atoms with E-state index in [2.05, 4.69) is 11.8 Å². The van der Waals surface area contributed by atoms with Crippen molar-refractivity contribution in [2.24, 2.45) is 11.8 Å². The number of esters is 1. The molecule has 5 atom stereocenters. The summed E-state index contributed by atoms with van der Waals surface area (Å²) in [6.07, 6.45) is 4.25. The van der Waals surface area contributed by atoms with Crippen LogP contribution in [0.25, 0.3) is 0 Å². The van der Waals surface area contributed by atoms with Crippen molar-refractivity contribution in [3.8, 4) is 11.8 Å². The number of ether oxygens (including phenoxy) is 1. The number of aliphatic hydroxyl groups excluding tert-OH is 2. The first-order valence-electron chi connectivity index (χ1n) is 6.81. The minimum atomic E-state index is -0.622. The molecule has 2 rings (SSSR count). The molecule has 2 aliphatic rings. The van der Waals surface area contributed by atoms with Crippen LogP contribution in [-0.2, 0) is 9.53 Å². The third kappa shape index (κ3) is 3.37. The standard InChI is InChI=1S/C15H20O4/c1-2-3-4-5-10(16)6-7-11-12-8-15(18)19-14(12)9-13(11)17/h6-7,10-14,16-17H,2,5,8-9H2,1H3/b7-6+/t10-,11+,12+,13+,14-/m0/s1. The molecule has 0 aromatic rings. The minimum absolute atomic E-state index is 0.0488. The molecule has 0 unspecified atom stereocenters. The zero-order valence-corrected chi connectivity index (χ0v) is 11.1. The molecule has 0 radical (unpaired) electrons. The topological polar surface area (TPSA) is 66.8 Å². The van der Waals surface area contributed by atoms with Crippen LogP contribution in [0.1, 0.15) is 32.6 Å². The summed E-state index contributed by atoms with van der Waals surface area (Å²) in [7, 11) is 0. The van der Waals surface area contributed by atoms with Gasteiger partial charge in [0.2, 0.25) is 0 Å². The molecule has 2 N–H and O–H groups in total. The fourth-order valence-corrected chi connectivity index (χ4v) is 2.81. The zero-order valence-electron chi connectivity index (χ0n) is 11.1. The molecule has 1 heterocycles. The molecule has 0 amide bonds. The van der Waals surface area contributed by atoms with Gasteiger partial charge in [0.1, 0.15) is 6.10 Å². The van der Waals surface area contributed by atoms with Crippen molar-refractivity contribution >= 4 is 5.97 Å². The molecule has 1 aliphatic carbocycles. The van der Waals surface area contributed by atoms with Gasteiger partial charge in [-0.1, -0.05) is 19.1 Å². The molecule has 104 valence electrons. The Hall–Kier alpha value is -1.31. The summed E-state index contributed by atoms with van der Waals surface area (Å²) in [5.74, 6) is 5.54. The summed E-state index contributed by atoms with van der Waals surface area (Å²) in [6, 6.07) is 0. The monoisotopic (exact) mass is 264 g/mol. The van der Waals surface area contributed by atoms with Gasteiger partial charge in [-0.3, -0.25) is 4.79 Å². The van der Waals surface area contributed by atoms with Crippen LogP contribution in [0.5, 0.6) is 0 Å². The molecule has 0 aromatic heterocycles. The largest absolute Gasteiger partial charge is 0.462 e. The second-order valence-electron chi connectivity index (χ2n) is 5.14. The molecule has 4 heteroatoms. The van der Waals surface area contributed by atoms with Gasteiger partial charge in [0.25, 0.3) is 0 Å². The Kier molecular flexibility index (Phi) is 4.62. The highest BCUT2D eigenvalue weighted by atomic mass is 16.6. The Morgan fingerprint density at radius 2 is 2.32 bits per heavy atom. The average Bonchev–Trinajstić information content (AvgIpc) is 2.82. The maximum atomic E-state index is 11.2. The highest BCUT2D eigenvalue weighted by Crippen LogP contribution is 2.42. The molecule has 1 saturated carbocycles. The van der Waals surface area contributed by atoms with Crippen LogP contribution in [0, 0.1) is 23.7 Å². The number of fused-ring (bicyclic) bond motifs is 1. The second-order valence-corrected chi connectivity index (χ2v) is 5.14. The van der Waals surface area contributed by atoms with E-state index in [1.165, 1.54) is 0 Å². The fraction of sp³-hybridized carbons (Fsp3) is 0.667. The second kappa shape index (κ2) is 6.23. The number of carbonyl (C=O) groups is 1. The molecular weight excluding hydrogens is 244 g/mol. The SMILES string of the molecule is CCC#CC[C@H](O)/C=C/[C@@H]1[C@H]2CC(=O)O[C@H]2C[C@H]1O. The van der Waals surface area contributed by atoms with E-state index in [-0.39, 0.29) is 23.9 Å². The van der Waals surface area contributed by atoms with Gasteiger partial charge >= 0.3 is 5.97 Å². The van der Waals surface area contributed by atoms with Gasteiger partial charge in [0.15, 0.2) is 0 Å². The smallest absolute Gasteiger partial charge is 0.306 e. The van der Waals surface area contributed by atoms with Crippen molar-refractivity contribution in [1.29, 1.82) is 0 Å². The van der Waals surface area contributed by atoms with Crippen molar-refractivity contribution < 1.29 is 19.7 Å². The van der Waals surface area contributed by atoms with Gasteiger partial charge in [-0.15, -0.1) is 11.8 Å². The Balaban J connectivity index is 1.92. The number of aliphatic hydroxyl groups is 2. The first-order valence-corrected chi connectivity index (χ1v) is 6.81. The van der Waals surface area contributed by atoms with E-state index < -0.39 is 12.2 Å². The van der Waals surface area contributed by atoms with Gasteiger partial charge in [-0.25, -0.2) is 0 Å². The summed E-state index contributed by atoms with van der Waals surface area (Å²) in [5, 5.41) is 19.7. The third-order valence-corrected chi connectivity index (χ3v) is 3.74. The predicted molar refractivity (Wildman–Crippen MR) is 69.9 cm³/mol. The lowest BCUT2D eigenvalue weighted by Crippen LogP contribution is -2.18. The zero-order chi connectivity index (χ0) is 13.8. The van der Waals surface area contributed by atoms with Crippen molar-refractivity contribution in [3.63, 3.8) is 0 Å². The first-order chi connectivity index (χ1) is 9.11. The van der Waals surface area contributed by atoms with Crippen molar-refractivity contribution in [2.45, 2.75) is 50.9 Å². The van der Waals surface area contributed by atoms with E-state index >= 15 is 0 Å². The summed E-state index contributed by atoms with van der Waals surface area (Å²) in [4.78, 5) is 11.2.